The molecule has 0 saturated heterocycles. The van der Waals surface area contributed by atoms with Crippen molar-refractivity contribution in [2.75, 3.05) is 0 Å². The minimum Gasteiger partial charge on any atom is -0.479 e. The molecule has 1 heterocycles. The Bertz CT molecular complexity index is 784. The summed E-state index contributed by atoms with van der Waals surface area (Å²) >= 11 is 0. The number of nitrogens with one attached hydrogen (secondary N) is 1. The van der Waals surface area contributed by atoms with Crippen molar-refractivity contribution in [1.29, 1.82) is 0 Å². The van der Waals surface area contributed by atoms with Gasteiger partial charge in [-0.15, -0.1) is 0 Å². The van der Waals surface area contributed by atoms with E-state index in [0.717, 1.165) is 18.2 Å². The molecule has 1 aromatic heterocycles. The van der Waals surface area contributed by atoms with Crippen LogP contribution < -0.4 is 5.32 Å². The monoisotopic (exact) mass is 355 g/mol. The highest BCUT2D eigenvalue weighted by atomic mass is 19.4. The molecule has 1 unspecified atom stereocenters. The fourth-order valence-corrected chi connectivity index (χ4v) is 2.23. The molecule has 134 valence electrons. The number of amides is 1. The average molecular weight is 355 g/mol. The average Bonchev–Trinajstić information content (AvgIpc) is 3.01. The number of carbonyl (C=O) groups excluding carboxylic acids is 1. The van der Waals surface area contributed by atoms with Crippen molar-refractivity contribution in [2.24, 2.45) is 0 Å². The zero-order valence-electron chi connectivity index (χ0n) is 13.4. The van der Waals surface area contributed by atoms with Gasteiger partial charge in [-0.05, 0) is 25.5 Å². The van der Waals surface area contributed by atoms with Crippen molar-refractivity contribution in [3.63, 3.8) is 0 Å². The van der Waals surface area contributed by atoms with E-state index in [9.17, 15) is 27.9 Å². The van der Waals surface area contributed by atoms with Crippen molar-refractivity contribution in [1.82, 2.24) is 15.1 Å². The first-order valence-corrected chi connectivity index (χ1v) is 7.35. The summed E-state index contributed by atoms with van der Waals surface area (Å²) in [6.07, 6.45) is -2.12. The molecule has 0 aliphatic carbocycles. The molecule has 2 aromatic rings. The van der Waals surface area contributed by atoms with Gasteiger partial charge >= 0.3 is 12.1 Å². The van der Waals surface area contributed by atoms with E-state index in [-0.39, 0.29) is 11.6 Å². The summed E-state index contributed by atoms with van der Waals surface area (Å²) in [6, 6.07) is 2.37. The first-order valence-electron chi connectivity index (χ1n) is 7.35. The standard InChI is InChI=1S/C16H16F3N3O3/c1-9(2)22-8-10(7-20-22)14(23)21-13(15(24)25)11-5-3-4-6-12(11)16(17,18)19/h3-9,13H,1-2H3,(H,21,23)(H,24,25). The number of aliphatic carboxylic acids is 1. The third kappa shape index (κ3) is 4.17. The minimum atomic E-state index is -4.74. The molecule has 1 atom stereocenters. The molecule has 0 fully saturated rings. The number of aromatic nitrogens is 2. The zero-order valence-corrected chi connectivity index (χ0v) is 13.4. The molecule has 6 nitrogen and oxygen atoms in total. The molecule has 1 aromatic carbocycles. The van der Waals surface area contributed by atoms with Gasteiger partial charge in [-0.2, -0.15) is 18.3 Å². The summed E-state index contributed by atoms with van der Waals surface area (Å²) < 4.78 is 40.8. The van der Waals surface area contributed by atoms with Crippen LogP contribution in [0.25, 0.3) is 0 Å². The van der Waals surface area contributed by atoms with Crippen LogP contribution in [0.15, 0.2) is 36.7 Å². The second kappa shape index (κ2) is 6.96. The van der Waals surface area contributed by atoms with Crippen LogP contribution in [0.3, 0.4) is 0 Å². The number of halogens is 3. The molecule has 1 amide bonds. The summed E-state index contributed by atoms with van der Waals surface area (Å²) in [7, 11) is 0. The van der Waals surface area contributed by atoms with Crippen molar-refractivity contribution < 1.29 is 27.9 Å². The summed E-state index contributed by atoms with van der Waals surface area (Å²) in [6.45, 7) is 3.66. The molecule has 0 aliphatic heterocycles. The Labute approximate surface area is 141 Å². The highest BCUT2D eigenvalue weighted by Gasteiger charge is 2.37. The largest absolute Gasteiger partial charge is 0.479 e. The van der Waals surface area contributed by atoms with Gasteiger partial charge in [-0.25, -0.2) is 4.79 Å². The first-order chi connectivity index (χ1) is 11.6. The van der Waals surface area contributed by atoms with Crippen molar-refractivity contribution in [3.8, 4) is 0 Å². The predicted molar refractivity (Wildman–Crippen MR) is 81.9 cm³/mol. The lowest BCUT2D eigenvalue weighted by atomic mass is 9.99. The maximum atomic E-state index is 13.1. The topological polar surface area (TPSA) is 84.2 Å². The van der Waals surface area contributed by atoms with Gasteiger partial charge in [0.15, 0.2) is 6.04 Å². The maximum absolute atomic E-state index is 13.1. The van der Waals surface area contributed by atoms with E-state index in [4.69, 9.17) is 0 Å². The number of hydrogen-bond donors (Lipinski definition) is 2. The van der Waals surface area contributed by atoms with Crippen LogP contribution in [0.1, 0.15) is 47.4 Å². The lowest BCUT2D eigenvalue weighted by Gasteiger charge is -2.19. The number of rotatable bonds is 5. The molecule has 0 saturated carbocycles. The molecule has 0 aliphatic rings. The summed E-state index contributed by atoms with van der Waals surface area (Å²) in [5.41, 5.74) is -1.59. The molecule has 2 N–H and O–H groups in total. The SMILES string of the molecule is CC(C)n1cc(C(=O)NC(C(=O)O)c2ccccc2C(F)(F)F)cn1. The summed E-state index contributed by atoms with van der Waals surface area (Å²) in [5.74, 6) is -2.42. The van der Waals surface area contributed by atoms with E-state index in [0.29, 0.717) is 0 Å². The van der Waals surface area contributed by atoms with E-state index in [1.807, 2.05) is 13.8 Å². The first kappa shape index (κ1) is 18.5. The summed E-state index contributed by atoms with van der Waals surface area (Å²) in [4.78, 5) is 23.7. The molecular formula is C16H16F3N3O3. The minimum absolute atomic E-state index is 0.0252. The third-order valence-corrected chi connectivity index (χ3v) is 3.49. The van der Waals surface area contributed by atoms with Crippen LogP contribution in [-0.2, 0) is 11.0 Å². The van der Waals surface area contributed by atoms with Crippen LogP contribution in [0, 0.1) is 0 Å². The maximum Gasteiger partial charge on any atom is 0.416 e. The van der Waals surface area contributed by atoms with Gasteiger partial charge in [0.2, 0.25) is 0 Å². The highest BCUT2D eigenvalue weighted by molar-refractivity contribution is 5.96. The normalized spacial score (nSPS) is 12.9. The Balaban J connectivity index is 2.34. The van der Waals surface area contributed by atoms with Crippen molar-refractivity contribution >= 4 is 11.9 Å². The van der Waals surface area contributed by atoms with Crippen LogP contribution in [0.2, 0.25) is 0 Å². The molecule has 0 bridgehead atoms. The van der Waals surface area contributed by atoms with Crippen LogP contribution in [0.5, 0.6) is 0 Å². The van der Waals surface area contributed by atoms with Crippen LogP contribution in [0.4, 0.5) is 13.2 Å². The van der Waals surface area contributed by atoms with Gasteiger partial charge in [-0.3, -0.25) is 9.48 Å². The Morgan fingerprint density at radius 1 is 1.24 bits per heavy atom. The molecule has 25 heavy (non-hydrogen) atoms. The Morgan fingerprint density at radius 3 is 2.40 bits per heavy atom. The number of benzene rings is 1. The third-order valence-electron chi connectivity index (χ3n) is 3.49. The van der Waals surface area contributed by atoms with E-state index in [1.165, 1.54) is 23.1 Å². The van der Waals surface area contributed by atoms with Crippen LogP contribution >= 0.6 is 0 Å². The number of carboxylic acid groups (broad SMARTS) is 1. The number of hydrogen-bond acceptors (Lipinski definition) is 3. The van der Waals surface area contributed by atoms with Crippen molar-refractivity contribution in [2.45, 2.75) is 32.1 Å². The second-order valence-electron chi connectivity index (χ2n) is 5.63. The van der Waals surface area contributed by atoms with Crippen LogP contribution in [-0.4, -0.2) is 26.8 Å². The highest BCUT2D eigenvalue weighted by Crippen LogP contribution is 2.34. The number of nitrogens with zero attached hydrogens (tertiary/aromatic N) is 2. The van der Waals surface area contributed by atoms with Gasteiger partial charge in [0.1, 0.15) is 0 Å². The van der Waals surface area contributed by atoms with Gasteiger partial charge in [0.25, 0.3) is 5.91 Å². The lowest BCUT2D eigenvalue weighted by Crippen LogP contribution is -2.35. The van der Waals surface area contributed by atoms with E-state index in [1.54, 1.807) is 0 Å². The quantitative estimate of drug-likeness (QED) is 0.863. The summed E-state index contributed by atoms with van der Waals surface area (Å²) in [5, 5.41) is 15.4. The fourth-order valence-electron chi connectivity index (χ4n) is 2.23. The Kier molecular flexibility index (Phi) is 5.15. The van der Waals surface area contributed by atoms with Crippen molar-refractivity contribution in [3.05, 3.63) is 53.3 Å². The van der Waals surface area contributed by atoms with E-state index in [2.05, 4.69) is 10.4 Å². The molecule has 2 rings (SSSR count). The molecule has 0 spiro atoms. The second-order valence-corrected chi connectivity index (χ2v) is 5.63. The van der Waals surface area contributed by atoms with Gasteiger partial charge in [0.05, 0.1) is 17.3 Å². The number of alkyl halides is 3. The number of carboxylic acids is 1. The molecular weight excluding hydrogens is 339 g/mol. The smallest absolute Gasteiger partial charge is 0.416 e. The van der Waals surface area contributed by atoms with E-state index >= 15 is 0 Å². The van der Waals surface area contributed by atoms with Gasteiger partial charge in [0, 0.05) is 12.2 Å². The zero-order chi connectivity index (χ0) is 18.8. The van der Waals surface area contributed by atoms with Gasteiger partial charge in [-0.1, -0.05) is 18.2 Å². The predicted octanol–water partition coefficient (Wildman–Crippen LogP) is 3.04. The van der Waals surface area contributed by atoms with Gasteiger partial charge < -0.3 is 10.4 Å². The number of carbonyl (C=O) groups is 2. The molecule has 9 heteroatoms. The lowest BCUT2D eigenvalue weighted by molar-refractivity contribution is -0.142. The molecule has 0 radical (unpaired) electrons. The Hall–Kier alpha value is -2.84. The van der Waals surface area contributed by atoms with E-state index < -0.39 is 35.2 Å². The fraction of sp³-hybridized carbons (Fsp3) is 0.312. The Morgan fingerprint density at radius 2 is 1.88 bits per heavy atom.